The molecule has 33 heavy (non-hydrogen) atoms. The lowest BCUT2D eigenvalue weighted by Crippen LogP contribution is -2.14. The van der Waals surface area contributed by atoms with Gasteiger partial charge in [-0.2, -0.15) is 0 Å². The molecule has 0 atom stereocenters. The third-order valence-corrected chi connectivity index (χ3v) is 6.25. The highest BCUT2D eigenvalue weighted by Crippen LogP contribution is 2.38. The Morgan fingerprint density at radius 3 is 2.09 bits per heavy atom. The van der Waals surface area contributed by atoms with Crippen LogP contribution < -0.4 is 15.8 Å². The van der Waals surface area contributed by atoms with Crippen LogP contribution in [0.1, 0.15) is 11.1 Å². The Kier molecular flexibility index (Phi) is 10.8. The molecule has 1 aliphatic heterocycles. The first-order valence-electron chi connectivity index (χ1n) is 10.4. The maximum atomic E-state index is 12.4. The van der Waals surface area contributed by atoms with Gasteiger partial charge >= 0.3 is 0 Å². The van der Waals surface area contributed by atoms with Crippen molar-refractivity contribution in [3.05, 3.63) is 54.9 Å². The van der Waals surface area contributed by atoms with Crippen LogP contribution in [0.2, 0.25) is 0 Å². The van der Waals surface area contributed by atoms with Gasteiger partial charge in [-0.3, -0.25) is 4.79 Å². The first-order chi connectivity index (χ1) is 16.0. The number of ether oxygens (including phenoxy) is 4. The summed E-state index contributed by atoms with van der Waals surface area (Å²) < 4.78 is 24.5. The van der Waals surface area contributed by atoms with Crippen LogP contribution in [0.15, 0.2) is 43.7 Å². The number of nitrogens with two attached hydrogens (primary N) is 1. The van der Waals surface area contributed by atoms with Gasteiger partial charge in [0.2, 0.25) is 0 Å². The van der Waals surface area contributed by atoms with Crippen molar-refractivity contribution < 1.29 is 23.7 Å². The van der Waals surface area contributed by atoms with Crippen molar-refractivity contribution in [2.45, 2.75) is 0 Å². The molecule has 0 aromatic heterocycles. The fourth-order valence-corrected chi connectivity index (χ4v) is 4.91. The van der Waals surface area contributed by atoms with Crippen molar-refractivity contribution in [1.29, 1.82) is 0 Å². The number of carbonyl (C=O) groups is 1. The van der Waals surface area contributed by atoms with Crippen molar-refractivity contribution in [1.82, 2.24) is 0 Å². The maximum absolute atomic E-state index is 12.4. The summed E-state index contributed by atoms with van der Waals surface area (Å²) in [6.07, 6.45) is 1.86. The van der Waals surface area contributed by atoms with E-state index in [1.807, 2.05) is 36.4 Å². The van der Waals surface area contributed by atoms with Gasteiger partial charge in [0.25, 0.3) is 5.91 Å². The molecule has 7 nitrogen and oxygen atoms in total. The van der Waals surface area contributed by atoms with E-state index >= 15 is 0 Å². The van der Waals surface area contributed by atoms with Crippen LogP contribution >= 0.6 is 47.8 Å². The lowest BCUT2D eigenvalue weighted by Gasteiger charge is -2.12. The fraction of sp³-hybridized carbons (Fsp3) is 0.348. The quantitative estimate of drug-likeness (QED) is 0.238. The van der Waals surface area contributed by atoms with Crippen LogP contribution in [-0.2, 0) is 19.0 Å². The summed E-state index contributed by atoms with van der Waals surface area (Å²) in [5.74, 6) is 0.549. The van der Waals surface area contributed by atoms with Crippen molar-refractivity contribution >= 4 is 71.0 Å². The third kappa shape index (κ3) is 7.88. The molecule has 0 fully saturated rings. The first-order valence-corrected chi connectivity index (χ1v) is 12.8. The molecule has 0 spiro atoms. The highest BCUT2D eigenvalue weighted by atomic mass is 79.9. The molecule has 3 N–H and O–H groups in total. The van der Waals surface area contributed by atoms with Crippen LogP contribution in [0.5, 0.6) is 5.75 Å². The zero-order chi connectivity index (χ0) is 23.6. The molecular weight excluding hydrogens is 624 g/mol. The number of fused-ring (bicyclic) bond motifs is 1. The molecule has 1 heterocycles. The molecule has 0 saturated heterocycles. The van der Waals surface area contributed by atoms with Gasteiger partial charge in [-0.15, -0.1) is 0 Å². The van der Waals surface area contributed by atoms with E-state index in [4.69, 9.17) is 24.7 Å². The molecule has 3 rings (SSSR count). The van der Waals surface area contributed by atoms with Gasteiger partial charge in [-0.05, 0) is 73.8 Å². The number of hydrogen-bond acceptors (Lipinski definition) is 6. The van der Waals surface area contributed by atoms with Gasteiger partial charge in [0.1, 0.15) is 12.4 Å². The van der Waals surface area contributed by atoms with E-state index in [-0.39, 0.29) is 5.91 Å². The Hall–Kier alpha value is -1.27. The van der Waals surface area contributed by atoms with Gasteiger partial charge in [-0.25, -0.2) is 0 Å². The van der Waals surface area contributed by atoms with Crippen molar-refractivity contribution in [3.63, 3.8) is 0 Å². The standard InChI is InChI=1S/C23H25Br3N2O5/c24-16-1-2-21-17(14-16)18(23(29)28-21)11-15-12-19(25)22(20(26)13-15)33-10-9-32-8-7-31-6-5-30-4-3-27/h1-2,11-14H,3-10,27H2,(H,28,29)/b18-11-. The Bertz CT molecular complexity index is 977. The SMILES string of the molecule is NCCOCCOCCOCCOc1c(Br)cc(/C=C2\C(=O)Nc3ccc(Br)cc32)cc1Br. The number of rotatable bonds is 13. The number of halogens is 3. The summed E-state index contributed by atoms with van der Waals surface area (Å²) in [6, 6.07) is 9.54. The molecular formula is C23H25Br3N2O5. The minimum atomic E-state index is -0.125. The highest BCUT2D eigenvalue weighted by Gasteiger charge is 2.24. The Labute approximate surface area is 218 Å². The number of anilines is 1. The fourth-order valence-electron chi connectivity index (χ4n) is 3.10. The minimum Gasteiger partial charge on any atom is -0.489 e. The molecule has 2 aromatic carbocycles. The third-order valence-electron chi connectivity index (χ3n) is 4.58. The molecule has 0 aliphatic carbocycles. The van der Waals surface area contributed by atoms with E-state index in [0.29, 0.717) is 64.1 Å². The van der Waals surface area contributed by atoms with Crippen LogP contribution in [0.25, 0.3) is 11.6 Å². The van der Waals surface area contributed by atoms with Gasteiger partial charge in [0, 0.05) is 27.8 Å². The number of amides is 1. The summed E-state index contributed by atoms with van der Waals surface area (Å²) in [4.78, 5) is 12.4. The zero-order valence-corrected chi connectivity index (χ0v) is 22.6. The smallest absolute Gasteiger partial charge is 0.256 e. The summed E-state index contributed by atoms with van der Waals surface area (Å²) in [5, 5.41) is 2.89. The number of benzene rings is 2. The molecule has 0 radical (unpaired) electrons. The van der Waals surface area contributed by atoms with Crippen LogP contribution in [0.3, 0.4) is 0 Å². The largest absolute Gasteiger partial charge is 0.489 e. The van der Waals surface area contributed by atoms with E-state index in [9.17, 15) is 4.79 Å². The average Bonchev–Trinajstić information content (AvgIpc) is 3.08. The lowest BCUT2D eigenvalue weighted by atomic mass is 10.0. The topological polar surface area (TPSA) is 92.0 Å². The van der Waals surface area contributed by atoms with E-state index < -0.39 is 0 Å². The van der Waals surface area contributed by atoms with Gasteiger partial charge < -0.3 is 30.0 Å². The lowest BCUT2D eigenvalue weighted by molar-refractivity contribution is -0.110. The highest BCUT2D eigenvalue weighted by molar-refractivity contribution is 9.11. The second kappa shape index (κ2) is 13.6. The van der Waals surface area contributed by atoms with Gasteiger partial charge in [0.15, 0.2) is 0 Å². The summed E-state index contributed by atoms with van der Waals surface area (Å²) >= 11 is 10.6. The van der Waals surface area contributed by atoms with Crippen molar-refractivity contribution in [2.24, 2.45) is 5.73 Å². The normalized spacial score (nSPS) is 13.9. The monoisotopic (exact) mass is 646 g/mol. The molecule has 2 aromatic rings. The second-order valence-corrected chi connectivity index (χ2v) is 9.61. The van der Waals surface area contributed by atoms with Crippen LogP contribution in [-0.4, -0.2) is 58.7 Å². The molecule has 1 aliphatic rings. The summed E-state index contributed by atoms with van der Waals surface area (Å²) in [7, 11) is 0. The molecule has 1 amide bonds. The predicted molar refractivity (Wildman–Crippen MR) is 139 cm³/mol. The summed E-state index contributed by atoms with van der Waals surface area (Å²) in [6.45, 7) is 3.91. The first kappa shape index (κ1) is 26.3. The van der Waals surface area contributed by atoms with E-state index in [1.54, 1.807) is 0 Å². The minimum absolute atomic E-state index is 0.125. The molecule has 10 heteroatoms. The van der Waals surface area contributed by atoms with Gasteiger partial charge in [-0.1, -0.05) is 15.9 Å². The average molecular weight is 649 g/mol. The van der Waals surface area contributed by atoms with E-state index in [2.05, 4.69) is 53.1 Å². The Balaban J connectivity index is 1.49. The number of nitrogens with one attached hydrogen (secondary N) is 1. The maximum Gasteiger partial charge on any atom is 0.256 e. The predicted octanol–water partition coefficient (Wildman–Crippen LogP) is 4.85. The summed E-state index contributed by atoms with van der Waals surface area (Å²) in [5.41, 5.74) is 8.49. The zero-order valence-electron chi connectivity index (χ0n) is 17.9. The van der Waals surface area contributed by atoms with Gasteiger partial charge in [0.05, 0.1) is 48.6 Å². The molecule has 0 unspecified atom stereocenters. The van der Waals surface area contributed by atoms with Crippen LogP contribution in [0.4, 0.5) is 5.69 Å². The number of hydrogen-bond donors (Lipinski definition) is 2. The number of carbonyl (C=O) groups excluding carboxylic acids is 1. The Morgan fingerprint density at radius 1 is 0.848 bits per heavy atom. The van der Waals surface area contributed by atoms with Crippen molar-refractivity contribution in [2.75, 3.05) is 58.1 Å². The molecule has 0 bridgehead atoms. The van der Waals surface area contributed by atoms with E-state index in [0.717, 1.165) is 30.2 Å². The van der Waals surface area contributed by atoms with E-state index in [1.165, 1.54) is 0 Å². The molecule has 178 valence electrons. The van der Waals surface area contributed by atoms with Crippen LogP contribution in [0, 0.1) is 0 Å². The second-order valence-electron chi connectivity index (χ2n) is 6.99. The van der Waals surface area contributed by atoms with Crippen molar-refractivity contribution in [3.8, 4) is 5.75 Å². The molecule has 0 saturated carbocycles. The Morgan fingerprint density at radius 2 is 1.45 bits per heavy atom.